The molecule has 0 saturated heterocycles. The van der Waals surface area contributed by atoms with Gasteiger partial charge in [0.15, 0.2) is 0 Å². The van der Waals surface area contributed by atoms with Gasteiger partial charge in [0.25, 0.3) is 0 Å². The zero-order valence-electron chi connectivity index (χ0n) is 37.5. The summed E-state index contributed by atoms with van der Waals surface area (Å²) in [6.45, 7) is 20.5. The van der Waals surface area contributed by atoms with E-state index in [0.717, 1.165) is 71.1 Å². The first kappa shape index (κ1) is 54.1. The van der Waals surface area contributed by atoms with Crippen LogP contribution in [-0.2, 0) is 64.7 Å². The summed E-state index contributed by atoms with van der Waals surface area (Å²) in [7, 11) is 0. The van der Waals surface area contributed by atoms with Crippen molar-refractivity contribution in [2.24, 2.45) is 34.6 Å². The number of aryl methyl sites for hydroxylation is 4. The maximum Gasteiger partial charge on any atom is 0.0950 e. The van der Waals surface area contributed by atoms with Gasteiger partial charge in [-0.1, -0.05) is 58.5 Å². The van der Waals surface area contributed by atoms with E-state index in [0.29, 0.717) is 44.7 Å². The summed E-state index contributed by atoms with van der Waals surface area (Å²) in [5, 5.41) is 0. The molecule has 0 unspecified atom stereocenters. The van der Waals surface area contributed by atoms with Crippen LogP contribution in [0, 0.1) is 5.92 Å². The minimum absolute atomic E-state index is 0. The second kappa shape index (κ2) is 32.8. The van der Waals surface area contributed by atoms with E-state index in [4.69, 9.17) is 28.7 Å². The number of aromatic nitrogens is 10. The molecule has 0 amide bonds. The number of benzene rings is 1. The van der Waals surface area contributed by atoms with Gasteiger partial charge in [-0.15, -0.1) is 0 Å². The van der Waals surface area contributed by atoms with Crippen LogP contribution in [0.1, 0.15) is 95.5 Å². The monoisotopic (exact) mass is 844 g/mol. The van der Waals surface area contributed by atoms with Gasteiger partial charge in [-0.3, -0.25) is 0 Å². The van der Waals surface area contributed by atoms with Crippen molar-refractivity contribution < 1.29 is 0 Å². The molecule has 0 radical (unpaired) electrons. The Bertz CT molecular complexity index is 1860. The highest BCUT2D eigenvalue weighted by Gasteiger charge is 2.05. The van der Waals surface area contributed by atoms with E-state index in [2.05, 4.69) is 114 Å². The van der Waals surface area contributed by atoms with Gasteiger partial charge in [0, 0.05) is 124 Å². The minimum Gasteiger partial charge on any atom is -0.335 e. The van der Waals surface area contributed by atoms with Gasteiger partial charge in [0.05, 0.1) is 31.6 Å². The smallest absolute Gasteiger partial charge is 0.0950 e. The Kier molecular flexibility index (Phi) is 29.1. The summed E-state index contributed by atoms with van der Waals surface area (Å²) >= 11 is 0. The Balaban J connectivity index is 0.000000384. The average Bonchev–Trinajstić information content (AvgIpc) is 4.11. The first-order valence-corrected chi connectivity index (χ1v) is 21.7. The molecular formula is C46H81N15. The van der Waals surface area contributed by atoms with Gasteiger partial charge in [0.1, 0.15) is 0 Å². The van der Waals surface area contributed by atoms with Crippen molar-refractivity contribution >= 4 is 0 Å². The molecule has 0 saturated carbocycles. The maximum atomic E-state index is 5.55. The van der Waals surface area contributed by atoms with Gasteiger partial charge >= 0.3 is 0 Å². The molecule has 0 atom stereocenters. The second-order valence-corrected chi connectivity index (χ2v) is 15.1. The fourth-order valence-corrected chi connectivity index (χ4v) is 6.34. The van der Waals surface area contributed by atoms with Crippen LogP contribution >= 0.6 is 0 Å². The van der Waals surface area contributed by atoms with E-state index < -0.39 is 0 Å². The highest BCUT2D eigenvalue weighted by molar-refractivity contribution is 5.15. The zero-order chi connectivity index (χ0) is 44.0. The number of hydrogen-bond donors (Lipinski definition) is 5. The molecule has 1 aromatic carbocycles. The van der Waals surface area contributed by atoms with Crippen LogP contribution in [0.3, 0.4) is 0 Å². The van der Waals surface area contributed by atoms with Crippen LogP contribution in [0.25, 0.3) is 0 Å². The SMILES string of the molecule is C.CC(C)Cn1cncc1CCN.CC(C)n1cncc1CCN.CCCn1cncc1CCN.CCn1cncc1CCN.NCCc1cncn1CCc1ccccc1. The van der Waals surface area contributed by atoms with E-state index >= 15 is 0 Å². The van der Waals surface area contributed by atoms with Crippen molar-refractivity contribution in [3.05, 3.63) is 127 Å². The summed E-state index contributed by atoms with van der Waals surface area (Å²) < 4.78 is 10.8. The summed E-state index contributed by atoms with van der Waals surface area (Å²) in [6, 6.07) is 11.0. The Hall–Kier alpha value is -4.93. The summed E-state index contributed by atoms with van der Waals surface area (Å²) in [5.41, 5.74) is 34.8. The lowest BCUT2D eigenvalue weighted by atomic mass is 10.1. The van der Waals surface area contributed by atoms with Crippen molar-refractivity contribution in [2.45, 2.75) is 126 Å². The van der Waals surface area contributed by atoms with Crippen molar-refractivity contribution in [1.82, 2.24) is 47.8 Å². The largest absolute Gasteiger partial charge is 0.335 e. The first-order chi connectivity index (χ1) is 29.1. The van der Waals surface area contributed by atoms with E-state index in [9.17, 15) is 0 Å². The fourth-order valence-electron chi connectivity index (χ4n) is 6.34. The third kappa shape index (κ3) is 20.9. The molecular weight excluding hydrogens is 763 g/mol. The molecule has 6 rings (SSSR count). The van der Waals surface area contributed by atoms with Crippen LogP contribution in [0.4, 0.5) is 0 Å². The lowest BCUT2D eigenvalue weighted by Gasteiger charge is -2.10. The minimum atomic E-state index is 0. The predicted octanol–water partition coefficient (Wildman–Crippen LogP) is 5.47. The van der Waals surface area contributed by atoms with E-state index in [1.165, 1.54) is 34.0 Å². The standard InChI is InChI=1S/C13H17N3.C9H17N3.2C8H15N3.C7H13N3.CH4/c14-8-6-13-10-15-11-16(13)9-7-12-4-2-1-3-5-12;1-8(2)6-12-7-11-5-9(12)3-4-10;1-7(2)11-6-10-5-8(11)3-4-9;1-2-5-11-7-10-6-8(11)3-4-9;1-2-10-6-9-5-7(10)3-4-8;/h1-5,10-11H,6-9,14H2;5,7-8H,3-4,6,10H2,1-2H3;5-7H,3-4,9H2,1-2H3;6-7H,2-5,9H2,1H3;5-6H,2-4,8H2,1H3;1H4. The normalized spacial score (nSPS) is 10.4. The van der Waals surface area contributed by atoms with Gasteiger partial charge in [-0.2, -0.15) is 0 Å². The number of imidazole rings is 5. The lowest BCUT2D eigenvalue weighted by molar-refractivity contribution is 0.509. The van der Waals surface area contributed by atoms with Crippen LogP contribution in [0.15, 0.2) is 93.0 Å². The fraction of sp³-hybridized carbons (Fsp3) is 0.543. The molecule has 61 heavy (non-hydrogen) atoms. The maximum absolute atomic E-state index is 5.55. The number of nitrogens with zero attached hydrogens (tertiary/aromatic N) is 10. The van der Waals surface area contributed by atoms with E-state index in [1.807, 2.05) is 68.7 Å². The van der Waals surface area contributed by atoms with Crippen LogP contribution in [-0.4, -0.2) is 80.5 Å². The van der Waals surface area contributed by atoms with Crippen LogP contribution in [0.5, 0.6) is 0 Å². The summed E-state index contributed by atoms with van der Waals surface area (Å²) in [4.78, 5) is 20.4. The van der Waals surface area contributed by atoms with Crippen molar-refractivity contribution in [3.8, 4) is 0 Å². The molecule has 5 aromatic heterocycles. The average molecular weight is 844 g/mol. The number of nitrogens with two attached hydrogens (primary N) is 5. The van der Waals surface area contributed by atoms with Crippen molar-refractivity contribution in [1.29, 1.82) is 0 Å². The summed E-state index contributed by atoms with van der Waals surface area (Å²) in [5.74, 6) is 0.663. The Labute approximate surface area is 367 Å². The van der Waals surface area contributed by atoms with E-state index in [1.54, 1.807) is 0 Å². The molecule has 340 valence electrons. The van der Waals surface area contributed by atoms with Gasteiger partial charge in [-0.25, -0.2) is 24.9 Å². The van der Waals surface area contributed by atoms with Gasteiger partial charge in [0.2, 0.25) is 0 Å². The molecule has 10 N–H and O–H groups in total. The zero-order valence-corrected chi connectivity index (χ0v) is 37.5. The quantitative estimate of drug-likeness (QED) is 0.0693. The number of rotatable bonds is 19. The summed E-state index contributed by atoms with van der Waals surface area (Å²) in [6.07, 6.45) is 25.5. The Morgan fingerprint density at radius 1 is 0.475 bits per heavy atom. The third-order valence-electron chi connectivity index (χ3n) is 9.35. The topological polar surface area (TPSA) is 219 Å². The highest BCUT2D eigenvalue weighted by Crippen LogP contribution is 2.09. The molecule has 0 bridgehead atoms. The third-order valence-corrected chi connectivity index (χ3v) is 9.35. The first-order valence-electron chi connectivity index (χ1n) is 21.7. The molecule has 6 aromatic rings. The lowest BCUT2D eigenvalue weighted by Crippen LogP contribution is -2.11. The van der Waals surface area contributed by atoms with Gasteiger partial charge in [-0.05, 0) is 77.8 Å². The van der Waals surface area contributed by atoms with E-state index in [-0.39, 0.29) is 7.43 Å². The molecule has 0 aliphatic rings. The Morgan fingerprint density at radius 2 is 0.869 bits per heavy atom. The molecule has 15 nitrogen and oxygen atoms in total. The second-order valence-electron chi connectivity index (χ2n) is 15.1. The molecule has 0 spiro atoms. The number of hydrogen-bond acceptors (Lipinski definition) is 10. The highest BCUT2D eigenvalue weighted by atomic mass is 15.1. The predicted molar refractivity (Wildman–Crippen MR) is 253 cm³/mol. The molecule has 0 aliphatic heterocycles. The molecule has 5 heterocycles. The molecule has 0 fully saturated rings. The molecule has 15 heteroatoms. The van der Waals surface area contributed by atoms with Crippen molar-refractivity contribution in [2.75, 3.05) is 32.7 Å². The Morgan fingerprint density at radius 3 is 1.31 bits per heavy atom. The van der Waals surface area contributed by atoms with Crippen molar-refractivity contribution in [3.63, 3.8) is 0 Å². The van der Waals surface area contributed by atoms with Crippen LogP contribution in [0.2, 0.25) is 0 Å². The van der Waals surface area contributed by atoms with Gasteiger partial charge < -0.3 is 51.5 Å². The van der Waals surface area contributed by atoms with Crippen LogP contribution < -0.4 is 28.7 Å². The molecule has 0 aliphatic carbocycles.